The number of aromatic nitrogens is 4. The van der Waals surface area contributed by atoms with Gasteiger partial charge in [-0.2, -0.15) is 5.10 Å². The zero-order chi connectivity index (χ0) is 22.7. The molecule has 11 heteroatoms. The SMILES string of the molecule is O=C(NCCn1ncc2c(=O)n(Cc3cccc([N+](=O)[O-])c3)cnc21)c1ccccc1I. The van der Waals surface area contributed by atoms with E-state index < -0.39 is 4.92 Å². The molecule has 10 nitrogen and oxygen atoms in total. The Bertz CT molecular complexity index is 1380. The predicted molar refractivity (Wildman–Crippen MR) is 125 cm³/mol. The van der Waals surface area contributed by atoms with Crippen molar-refractivity contribution in [3.05, 3.63) is 96.2 Å². The molecule has 0 saturated heterocycles. The van der Waals surface area contributed by atoms with Crippen LogP contribution in [0.3, 0.4) is 0 Å². The lowest BCUT2D eigenvalue weighted by molar-refractivity contribution is -0.384. The lowest BCUT2D eigenvalue weighted by Gasteiger charge is -2.08. The second kappa shape index (κ2) is 9.26. The lowest BCUT2D eigenvalue weighted by Crippen LogP contribution is -2.28. The normalized spacial score (nSPS) is 10.9. The van der Waals surface area contributed by atoms with E-state index in [9.17, 15) is 19.7 Å². The van der Waals surface area contributed by atoms with Gasteiger partial charge in [0, 0.05) is 22.2 Å². The van der Waals surface area contributed by atoms with Crippen LogP contribution in [-0.4, -0.2) is 36.7 Å². The Labute approximate surface area is 195 Å². The molecule has 4 aromatic rings. The number of rotatable bonds is 7. The van der Waals surface area contributed by atoms with Crippen LogP contribution in [0.25, 0.3) is 11.0 Å². The maximum absolute atomic E-state index is 12.8. The molecule has 1 N–H and O–H groups in total. The number of non-ortho nitro benzene ring substituents is 1. The third-order valence-electron chi connectivity index (χ3n) is 4.82. The van der Waals surface area contributed by atoms with Crippen LogP contribution in [0.15, 0.2) is 65.8 Å². The Hall–Kier alpha value is -3.61. The van der Waals surface area contributed by atoms with Gasteiger partial charge in [0.2, 0.25) is 0 Å². The fraction of sp³-hybridized carbons (Fsp3) is 0.143. The van der Waals surface area contributed by atoms with Gasteiger partial charge in [-0.15, -0.1) is 0 Å². The number of halogens is 1. The predicted octanol–water partition coefficient (Wildman–Crippen LogP) is 2.58. The van der Waals surface area contributed by atoms with Crippen molar-refractivity contribution in [3.63, 3.8) is 0 Å². The third kappa shape index (κ3) is 4.51. The topological polar surface area (TPSA) is 125 Å². The van der Waals surface area contributed by atoms with Crippen LogP contribution in [-0.2, 0) is 13.1 Å². The van der Waals surface area contributed by atoms with Gasteiger partial charge < -0.3 is 5.32 Å². The molecular weight excluding hydrogens is 527 g/mol. The summed E-state index contributed by atoms with van der Waals surface area (Å²) < 4.78 is 3.80. The number of fused-ring (bicyclic) bond motifs is 1. The minimum absolute atomic E-state index is 0.0374. The van der Waals surface area contributed by atoms with E-state index in [1.807, 2.05) is 12.1 Å². The second-order valence-corrected chi connectivity index (χ2v) is 8.11. The van der Waals surface area contributed by atoms with Gasteiger partial charge in [-0.05, 0) is 40.3 Å². The highest BCUT2D eigenvalue weighted by molar-refractivity contribution is 14.1. The zero-order valence-electron chi connectivity index (χ0n) is 16.6. The fourth-order valence-electron chi connectivity index (χ4n) is 3.25. The summed E-state index contributed by atoms with van der Waals surface area (Å²) in [7, 11) is 0. The summed E-state index contributed by atoms with van der Waals surface area (Å²) in [4.78, 5) is 40.0. The number of nitro groups is 1. The number of benzene rings is 2. The average molecular weight is 544 g/mol. The van der Waals surface area contributed by atoms with Crippen LogP contribution >= 0.6 is 22.6 Å². The Kier molecular flexibility index (Phi) is 6.25. The van der Waals surface area contributed by atoms with Crippen molar-refractivity contribution in [2.24, 2.45) is 0 Å². The van der Waals surface area contributed by atoms with Gasteiger partial charge >= 0.3 is 0 Å². The maximum Gasteiger partial charge on any atom is 0.269 e. The summed E-state index contributed by atoms with van der Waals surface area (Å²) in [6, 6.07) is 13.4. The van der Waals surface area contributed by atoms with Crippen LogP contribution in [0.5, 0.6) is 0 Å². The smallest absolute Gasteiger partial charge is 0.269 e. The molecule has 0 fully saturated rings. The zero-order valence-corrected chi connectivity index (χ0v) is 18.8. The summed E-state index contributed by atoms with van der Waals surface area (Å²) >= 11 is 2.11. The number of nitrogens with zero attached hydrogens (tertiary/aromatic N) is 5. The third-order valence-corrected chi connectivity index (χ3v) is 5.76. The van der Waals surface area contributed by atoms with E-state index in [-0.39, 0.29) is 23.7 Å². The standard InChI is InChI=1S/C21H17IN6O4/c22-18-7-2-1-6-16(18)20(29)23-8-9-27-19-17(11-25-27)21(30)26(13-24-19)12-14-4-3-5-15(10-14)28(31)32/h1-7,10-11,13H,8-9,12H2,(H,23,29). The molecule has 1 amide bonds. The molecule has 32 heavy (non-hydrogen) atoms. The van der Waals surface area contributed by atoms with Crippen molar-refractivity contribution in [1.29, 1.82) is 0 Å². The van der Waals surface area contributed by atoms with E-state index in [4.69, 9.17) is 0 Å². The minimum Gasteiger partial charge on any atom is -0.350 e. The van der Waals surface area contributed by atoms with Crippen molar-refractivity contribution in [1.82, 2.24) is 24.6 Å². The van der Waals surface area contributed by atoms with E-state index in [0.717, 1.165) is 3.57 Å². The van der Waals surface area contributed by atoms with Gasteiger partial charge in [0.15, 0.2) is 5.65 Å². The largest absolute Gasteiger partial charge is 0.350 e. The molecule has 2 aromatic heterocycles. The van der Waals surface area contributed by atoms with E-state index in [1.54, 1.807) is 28.9 Å². The molecular formula is C21H17IN6O4. The number of hydrogen-bond acceptors (Lipinski definition) is 6. The van der Waals surface area contributed by atoms with E-state index in [2.05, 4.69) is 38.0 Å². The highest BCUT2D eigenvalue weighted by Gasteiger charge is 2.13. The molecule has 0 radical (unpaired) electrons. The second-order valence-electron chi connectivity index (χ2n) is 6.95. The van der Waals surface area contributed by atoms with Crippen molar-refractivity contribution >= 4 is 45.2 Å². The summed E-state index contributed by atoms with van der Waals surface area (Å²) in [6.07, 6.45) is 2.84. The molecule has 0 saturated carbocycles. The lowest BCUT2D eigenvalue weighted by atomic mass is 10.2. The van der Waals surface area contributed by atoms with Gasteiger partial charge in [0.1, 0.15) is 11.7 Å². The van der Waals surface area contributed by atoms with Crippen molar-refractivity contribution in [2.75, 3.05) is 6.54 Å². The summed E-state index contributed by atoms with van der Waals surface area (Å²) in [5.74, 6) is -0.182. The van der Waals surface area contributed by atoms with E-state index in [0.29, 0.717) is 35.2 Å². The number of carbonyl (C=O) groups excluding carboxylic acids is 1. The number of amides is 1. The van der Waals surface area contributed by atoms with Crippen molar-refractivity contribution in [3.8, 4) is 0 Å². The summed E-state index contributed by atoms with van der Waals surface area (Å²) in [6.45, 7) is 0.819. The number of nitrogens with one attached hydrogen (secondary N) is 1. The summed E-state index contributed by atoms with van der Waals surface area (Å²) in [5, 5.41) is 18.4. The van der Waals surface area contributed by atoms with Crippen molar-refractivity contribution in [2.45, 2.75) is 13.1 Å². The van der Waals surface area contributed by atoms with Gasteiger partial charge in [-0.25, -0.2) is 9.67 Å². The van der Waals surface area contributed by atoms with Gasteiger partial charge in [-0.1, -0.05) is 24.3 Å². The summed E-state index contributed by atoms with van der Waals surface area (Å²) in [5.41, 5.74) is 1.29. The first kappa shape index (κ1) is 21.6. The van der Waals surface area contributed by atoms with Crippen molar-refractivity contribution < 1.29 is 9.72 Å². The molecule has 0 aliphatic heterocycles. The van der Waals surface area contributed by atoms with E-state index >= 15 is 0 Å². The highest BCUT2D eigenvalue weighted by atomic mass is 127. The molecule has 2 heterocycles. The monoisotopic (exact) mass is 544 g/mol. The van der Waals surface area contributed by atoms with Crippen LogP contribution < -0.4 is 10.9 Å². The Balaban J connectivity index is 1.48. The minimum atomic E-state index is -0.477. The average Bonchev–Trinajstić information content (AvgIpc) is 3.20. The Morgan fingerprint density at radius 1 is 1.19 bits per heavy atom. The van der Waals surface area contributed by atoms with Gasteiger partial charge in [0.05, 0.1) is 29.8 Å². The van der Waals surface area contributed by atoms with Crippen LogP contribution in [0.2, 0.25) is 0 Å². The molecule has 0 aliphatic carbocycles. The fourth-order valence-corrected chi connectivity index (χ4v) is 3.89. The van der Waals surface area contributed by atoms with E-state index in [1.165, 1.54) is 29.2 Å². The molecule has 162 valence electrons. The highest BCUT2D eigenvalue weighted by Crippen LogP contribution is 2.14. The molecule has 0 unspecified atom stereocenters. The molecule has 4 rings (SSSR count). The Morgan fingerprint density at radius 2 is 2.00 bits per heavy atom. The molecule has 0 spiro atoms. The first-order valence-corrected chi connectivity index (χ1v) is 10.7. The molecule has 2 aromatic carbocycles. The maximum atomic E-state index is 12.8. The van der Waals surface area contributed by atoms with Crippen LogP contribution in [0.1, 0.15) is 15.9 Å². The quantitative estimate of drug-likeness (QED) is 0.217. The number of carbonyl (C=O) groups is 1. The first-order valence-electron chi connectivity index (χ1n) is 9.61. The molecule has 0 atom stereocenters. The van der Waals surface area contributed by atoms with Gasteiger partial charge in [0.25, 0.3) is 17.2 Å². The molecule has 0 aliphatic rings. The number of hydrogen-bond donors (Lipinski definition) is 1. The molecule has 0 bridgehead atoms. The first-order chi connectivity index (χ1) is 15.4. The van der Waals surface area contributed by atoms with Crippen LogP contribution in [0, 0.1) is 13.7 Å². The Morgan fingerprint density at radius 3 is 2.78 bits per heavy atom. The van der Waals surface area contributed by atoms with Gasteiger partial charge in [-0.3, -0.25) is 24.3 Å². The van der Waals surface area contributed by atoms with Crippen LogP contribution in [0.4, 0.5) is 5.69 Å². The number of nitro benzene ring substituents is 1.